The summed E-state index contributed by atoms with van der Waals surface area (Å²) in [5.74, 6) is -2.59. The number of amides is 2. The molecule has 0 aromatic heterocycles. The van der Waals surface area contributed by atoms with Crippen LogP contribution in [0.5, 0.6) is 0 Å². The lowest BCUT2D eigenvalue weighted by Crippen LogP contribution is -2.52. The minimum Gasteiger partial charge on any atom is -0.481 e. The highest BCUT2D eigenvalue weighted by molar-refractivity contribution is 5.86. The van der Waals surface area contributed by atoms with Gasteiger partial charge in [-0.05, 0) is 18.3 Å². The number of carbonyl (C=O) groups excluding carboxylic acids is 1. The first-order chi connectivity index (χ1) is 9.83. The standard InChI is InChI=1S/C14H24N2O5/c1-3-14(4-2)5-7-16(8-6-14)13(21)15-10(12(19)20)9-11(17)18/h10H,3-9H2,1-2H3,(H,15,21)(H,17,18)(H,19,20). The number of rotatable bonds is 6. The second-order valence-corrected chi connectivity index (χ2v) is 5.63. The molecule has 1 saturated heterocycles. The summed E-state index contributed by atoms with van der Waals surface area (Å²) >= 11 is 0. The van der Waals surface area contributed by atoms with Gasteiger partial charge in [0, 0.05) is 13.1 Å². The SMILES string of the molecule is CCC1(CC)CCN(C(=O)NC(CC(=O)O)C(=O)O)CC1. The van der Waals surface area contributed by atoms with Crippen molar-refractivity contribution in [2.24, 2.45) is 5.41 Å². The summed E-state index contributed by atoms with van der Waals surface area (Å²) in [6.07, 6.45) is 3.29. The predicted molar refractivity (Wildman–Crippen MR) is 76.0 cm³/mol. The zero-order valence-electron chi connectivity index (χ0n) is 12.6. The fourth-order valence-electron chi connectivity index (χ4n) is 2.76. The molecule has 0 aromatic carbocycles. The Morgan fingerprint density at radius 1 is 1.14 bits per heavy atom. The van der Waals surface area contributed by atoms with E-state index in [1.54, 1.807) is 4.90 Å². The molecule has 0 radical (unpaired) electrons. The lowest BCUT2D eigenvalue weighted by Gasteiger charge is -2.41. The molecule has 0 aliphatic carbocycles. The van der Waals surface area contributed by atoms with Gasteiger partial charge in [-0.1, -0.05) is 26.7 Å². The van der Waals surface area contributed by atoms with Gasteiger partial charge in [0.25, 0.3) is 0 Å². The molecule has 1 atom stereocenters. The molecule has 7 heteroatoms. The van der Waals surface area contributed by atoms with Crippen LogP contribution >= 0.6 is 0 Å². The summed E-state index contributed by atoms with van der Waals surface area (Å²) in [4.78, 5) is 35.2. The van der Waals surface area contributed by atoms with E-state index in [0.29, 0.717) is 13.1 Å². The fourth-order valence-corrected chi connectivity index (χ4v) is 2.76. The Morgan fingerprint density at radius 2 is 1.67 bits per heavy atom. The van der Waals surface area contributed by atoms with Gasteiger partial charge < -0.3 is 20.4 Å². The molecule has 0 bridgehead atoms. The van der Waals surface area contributed by atoms with Gasteiger partial charge in [0.2, 0.25) is 0 Å². The van der Waals surface area contributed by atoms with Gasteiger partial charge in [-0.2, -0.15) is 0 Å². The number of nitrogens with zero attached hydrogens (tertiary/aromatic N) is 1. The van der Waals surface area contributed by atoms with Crippen molar-refractivity contribution in [2.75, 3.05) is 13.1 Å². The topological polar surface area (TPSA) is 107 Å². The smallest absolute Gasteiger partial charge is 0.326 e. The third-order valence-electron chi connectivity index (χ3n) is 4.59. The molecular weight excluding hydrogens is 276 g/mol. The Morgan fingerprint density at radius 3 is 2.05 bits per heavy atom. The Hall–Kier alpha value is -1.79. The Balaban J connectivity index is 2.57. The highest BCUT2D eigenvalue weighted by atomic mass is 16.4. The third kappa shape index (κ3) is 4.61. The van der Waals surface area contributed by atoms with Crippen LogP contribution in [0.1, 0.15) is 46.0 Å². The molecule has 1 heterocycles. The molecule has 7 nitrogen and oxygen atoms in total. The molecule has 1 rings (SSSR count). The maximum atomic E-state index is 12.0. The number of piperidine rings is 1. The summed E-state index contributed by atoms with van der Waals surface area (Å²) in [6.45, 7) is 5.44. The summed E-state index contributed by atoms with van der Waals surface area (Å²) in [5.41, 5.74) is 0.268. The van der Waals surface area contributed by atoms with Crippen LogP contribution in [0, 0.1) is 5.41 Å². The van der Waals surface area contributed by atoms with Crippen molar-refractivity contribution in [3.63, 3.8) is 0 Å². The highest BCUT2D eigenvalue weighted by Crippen LogP contribution is 2.37. The molecule has 21 heavy (non-hydrogen) atoms. The largest absolute Gasteiger partial charge is 0.481 e. The van der Waals surface area contributed by atoms with E-state index in [9.17, 15) is 14.4 Å². The quantitative estimate of drug-likeness (QED) is 0.689. The monoisotopic (exact) mass is 300 g/mol. The van der Waals surface area contributed by atoms with E-state index in [1.807, 2.05) is 0 Å². The molecule has 0 spiro atoms. The van der Waals surface area contributed by atoms with Gasteiger partial charge >= 0.3 is 18.0 Å². The lowest BCUT2D eigenvalue weighted by molar-refractivity contribution is -0.145. The molecule has 120 valence electrons. The first kappa shape index (κ1) is 17.3. The first-order valence-electron chi connectivity index (χ1n) is 7.33. The van der Waals surface area contributed by atoms with Crippen LogP contribution in [0.3, 0.4) is 0 Å². The minimum atomic E-state index is -1.39. The number of carboxylic acids is 2. The first-order valence-corrected chi connectivity index (χ1v) is 7.33. The van der Waals surface area contributed by atoms with E-state index in [-0.39, 0.29) is 5.41 Å². The number of nitrogens with one attached hydrogen (secondary N) is 1. The molecule has 1 aliphatic rings. The number of hydrogen-bond acceptors (Lipinski definition) is 3. The summed E-state index contributed by atoms with van der Waals surface area (Å²) in [6, 6.07) is -1.89. The number of hydrogen-bond donors (Lipinski definition) is 3. The Labute approximate surface area is 124 Å². The van der Waals surface area contributed by atoms with Crippen LogP contribution < -0.4 is 5.32 Å². The summed E-state index contributed by atoms with van der Waals surface area (Å²) in [7, 11) is 0. The second kappa shape index (κ2) is 7.28. The van der Waals surface area contributed by atoms with E-state index in [1.165, 1.54) is 0 Å². The number of likely N-dealkylation sites (tertiary alicyclic amines) is 1. The molecule has 1 aliphatic heterocycles. The summed E-state index contributed by atoms with van der Waals surface area (Å²) in [5, 5.41) is 19.9. The van der Waals surface area contributed by atoms with Gasteiger partial charge in [-0.25, -0.2) is 9.59 Å². The summed E-state index contributed by atoms with van der Waals surface area (Å²) < 4.78 is 0. The Kier molecular flexibility index (Phi) is 5.99. The zero-order chi connectivity index (χ0) is 16.0. The fraction of sp³-hybridized carbons (Fsp3) is 0.786. The van der Waals surface area contributed by atoms with Crippen molar-refractivity contribution in [3.05, 3.63) is 0 Å². The maximum absolute atomic E-state index is 12.0. The number of urea groups is 1. The van der Waals surface area contributed by atoms with Crippen LogP contribution in [0.15, 0.2) is 0 Å². The number of carboxylic acid groups (broad SMARTS) is 2. The van der Waals surface area contributed by atoms with Crippen molar-refractivity contribution >= 4 is 18.0 Å². The normalized spacial score (nSPS) is 18.9. The molecule has 1 unspecified atom stereocenters. The average Bonchev–Trinajstić information content (AvgIpc) is 2.46. The van der Waals surface area contributed by atoms with E-state index < -0.39 is 30.4 Å². The van der Waals surface area contributed by atoms with Crippen molar-refractivity contribution in [2.45, 2.75) is 52.0 Å². The van der Waals surface area contributed by atoms with Crippen molar-refractivity contribution < 1.29 is 24.6 Å². The van der Waals surface area contributed by atoms with Gasteiger partial charge in [0.15, 0.2) is 0 Å². The zero-order valence-corrected chi connectivity index (χ0v) is 12.6. The molecule has 3 N–H and O–H groups in total. The predicted octanol–water partition coefficient (Wildman–Crippen LogP) is 1.53. The molecule has 0 saturated carbocycles. The maximum Gasteiger partial charge on any atom is 0.326 e. The van der Waals surface area contributed by atoms with Gasteiger partial charge in [-0.3, -0.25) is 4.79 Å². The van der Waals surface area contributed by atoms with Crippen LogP contribution in [0.4, 0.5) is 4.79 Å². The van der Waals surface area contributed by atoms with Gasteiger partial charge in [0.1, 0.15) is 6.04 Å². The van der Waals surface area contributed by atoms with Gasteiger partial charge in [0.05, 0.1) is 6.42 Å². The Bertz CT molecular complexity index is 396. The van der Waals surface area contributed by atoms with Crippen LogP contribution in [-0.2, 0) is 9.59 Å². The van der Waals surface area contributed by atoms with E-state index in [4.69, 9.17) is 10.2 Å². The van der Waals surface area contributed by atoms with Crippen LogP contribution in [0.25, 0.3) is 0 Å². The lowest BCUT2D eigenvalue weighted by atomic mass is 9.74. The molecule has 0 aromatic rings. The minimum absolute atomic E-state index is 0.268. The number of aliphatic carboxylic acids is 2. The van der Waals surface area contributed by atoms with Crippen molar-refractivity contribution in [1.82, 2.24) is 10.2 Å². The average molecular weight is 300 g/mol. The molecule has 1 fully saturated rings. The molecule has 2 amide bonds. The van der Waals surface area contributed by atoms with E-state index in [0.717, 1.165) is 25.7 Å². The molecular formula is C14H24N2O5. The van der Waals surface area contributed by atoms with Crippen molar-refractivity contribution in [1.29, 1.82) is 0 Å². The van der Waals surface area contributed by atoms with E-state index in [2.05, 4.69) is 19.2 Å². The van der Waals surface area contributed by atoms with Gasteiger partial charge in [-0.15, -0.1) is 0 Å². The third-order valence-corrected chi connectivity index (χ3v) is 4.59. The van der Waals surface area contributed by atoms with Crippen LogP contribution in [-0.4, -0.2) is 52.2 Å². The highest BCUT2D eigenvalue weighted by Gasteiger charge is 2.34. The second-order valence-electron chi connectivity index (χ2n) is 5.63. The number of carbonyl (C=O) groups is 3. The van der Waals surface area contributed by atoms with E-state index >= 15 is 0 Å². The van der Waals surface area contributed by atoms with Crippen LogP contribution in [0.2, 0.25) is 0 Å². The van der Waals surface area contributed by atoms with Crippen molar-refractivity contribution in [3.8, 4) is 0 Å².